The summed E-state index contributed by atoms with van der Waals surface area (Å²) in [5.74, 6) is -0.955. The van der Waals surface area contributed by atoms with Crippen LogP contribution in [0.3, 0.4) is 0 Å². The van der Waals surface area contributed by atoms with Crippen LogP contribution in [0.4, 0.5) is 0 Å². The first kappa shape index (κ1) is 16.2. The van der Waals surface area contributed by atoms with Crippen molar-refractivity contribution in [1.29, 1.82) is 0 Å². The first-order chi connectivity index (χ1) is 10.6. The summed E-state index contributed by atoms with van der Waals surface area (Å²) in [6.07, 6.45) is -0.808. The molecular formula is C16H17NO4S. The lowest BCUT2D eigenvalue weighted by Gasteiger charge is -2.12. The molecule has 2 rings (SSSR count). The molecule has 2 N–H and O–H groups in total. The molecule has 2 aromatic rings. The molecule has 1 aromatic heterocycles. The third kappa shape index (κ3) is 4.68. The van der Waals surface area contributed by atoms with Crippen molar-refractivity contribution in [2.24, 2.45) is 0 Å². The Morgan fingerprint density at radius 2 is 1.95 bits per heavy atom. The highest BCUT2D eigenvalue weighted by Gasteiger charge is 2.10. The van der Waals surface area contributed by atoms with E-state index in [1.165, 1.54) is 6.92 Å². The molecule has 6 heteroatoms. The number of esters is 1. The Morgan fingerprint density at radius 1 is 1.23 bits per heavy atom. The van der Waals surface area contributed by atoms with E-state index in [1.54, 1.807) is 11.3 Å². The summed E-state index contributed by atoms with van der Waals surface area (Å²) in [6, 6.07) is 9.56. The maximum Gasteiger partial charge on any atom is 0.303 e. The molecular weight excluding hydrogens is 302 g/mol. The molecule has 0 radical (unpaired) electrons. The normalized spacial score (nSPS) is 11.7. The van der Waals surface area contributed by atoms with Gasteiger partial charge in [0.2, 0.25) is 0 Å². The number of ether oxygens (including phenoxy) is 1. The van der Waals surface area contributed by atoms with Crippen LogP contribution < -0.4 is 5.32 Å². The van der Waals surface area contributed by atoms with Crippen molar-refractivity contribution in [1.82, 2.24) is 5.32 Å². The van der Waals surface area contributed by atoms with Gasteiger partial charge in [0, 0.05) is 13.5 Å². The van der Waals surface area contributed by atoms with Crippen LogP contribution in [-0.2, 0) is 14.3 Å². The monoisotopic (exact) mass is 319 g/mol. The quantitative estimate of drug-likeness (QED) is 0.800. The maximum absolute atomic E-state index is 11.4. The van der Waals surface area contributed by atoms with Crippen LogP contribution >= 0.6 is 11.3 Å². The van der Waals surface area contributed by atoms with Crippen LogP contribution in [0.25, 0.3) is 11.1 Å². The molecule has 0 unspecified atom stereocenters. The number of carbonyl (C=O) groups is 2. The molecule has 5 nitrogen and oxygen atoms in total. The number of thiophene rings is 1. The zero-order chi connectivity index (χ0) is 15.9. The van der Waals surface area contributed by atoms with Crippen molar-refractivity contribution in [3.63, 3.8) is 0 Å². The molecule has 0 aliphatic heterocycles. The lowest BCUT2D eigenvalue weighted by molar-refractivity contribution is -0.146. The highest BCUT2D eigenvalue weighted by molar-refractivity contribution is 7.08. The topological polar surface area (TPSA) is 75.6 Å². The third-order valence-electron chi connectivity index (χ3n) is 3.05. The number of aliphatic hydroxyl groups is 1. The fourth-order valence-electron chi connectivity index (χ4n) is 1.87. The number of carbonyl (C=O) groups excluding carboxylic acids is 2. The van der Waals surface area contributed by atoms with Gasteiger partial charge in [0.25, 0.3) is 5.91 Å². The SMILES string of the molecule is CC(=O)OCC(=O)NC[C@H](O)c1ccc(-c2ccsc2)cc1. The van der Waals surface area contributed by atoms with Gasteiger partial charge < -0.3 is 15.2 Å². The maximum atomic E-state index is 11.4. The molecule has 0 saturated carbocycles. The minimum Gasteiger partial charge on any atom is -0.456 e. The molecule has 0 fully saturated rings. The van der Waals surface area contributed by atoms with Gasteiger partial charge in [-0.15, -0.1) is 0 Å². The van der Waals surface area contributed by atoms with Gasteiger partial charge in [-0.1, -0.05) is 24.3 Å². The molecule has 116 valence electrons. The number of hydrogen-bond donors (Lipinski definition) is 2. The average molecular weight is 319 g/mol. The minimum absolute atomic E-state index is 0.0674. The Morgan fingerprint density at radius 3 is 2.55 bits per heavy atom. The molecule has 0 bridgehead atoms. The Labute approximate surface area is 132 Å². The molecule has 0 saturated heterocycles. The molecule has 1 atom stereocenters. The van der Waals surface area contributed by atoms with Crippen molar-refractivity contribution in [2.75, 3.05) is 13.2 Å². The molecule has 1 aromatic carbocycles. The van der Waals surface area contributed by atoms with E-state index in [9.17, 15) is 14.7 Å². The number of aliphatic hydroxyl groups excluding tert-OH is 1. The molecule has 22 heavy (non-hydrogen) atoms. The Bertz CT molecular complexity index is 622. The van der Waals surface area contributed by atoms with Crippen LogP contribution in [0, 0.1) is 0 Å². The number of rotatable bonds is 6. The molecule has 0 aliphatic carbocycles. The summed E-state index contributed by atoms with van der Waals surface area (Å²) in [4.78, 5) is 22.0. The predicted molar refractivity (Wildman–Crippen MR) is 84.4 cm³/mol. The second-order valence-electron chi connectivity index (χ2n) is 4.73. The highest BCUT2D eigenvalue weighted by Crippen LogP contribution is 2.23. The predicted octanol–water partition coefficient (Wildman–Crippen LogP) is 2.13. The summed E-state index contributed by atoms with van der Waals surface area (Å²) in [7, 11) is 0. The molecule has 1 amide bonds. The standard InChI is InChI=1S/C16H17NO4S/c1-11(18)21-9-16(20)17-8-15(19)13-4-2-12(3-5-13)14-6-7-22-10-14/h2-7,10,15,19H,8-9H2,1H3,(H,17,20)/t15-/m0/s1. The van der Waals surface area contributed by atoms with Crippen LogP contribution in [0.5, 0.6) is 0 Å². The number of nitrogens with one attached hydrogen (secondary N) is 1. The molecule has 1 heterocycles. The largest absolute Gasteiger partial charge is 0.456 e. The van der Waals surface area contributed by atoms with E-state index < -0.39 is 18.0 Å². The van der Waals surface area contributed by atoms with Crippen molar-refractivity contribution >= 4 is 23.2 Å². The fourth-order valence-corrected chi connectivity index (χ4v) is 2.54. The molecule has 0 spiro atoms. The van der Waals surface area contributed by atoms with E-state index in [-0.39, 0.29) is 13.2 Å². The van der Waals surface area contributed by atoms with E-state index in [1.807, 2.05) is 35.7 Å². The Hall–Kier alpha value is -2.18. The van der Waals surface area contributed by atoms with Crippen LogP contribution in [0.15, 0.2) is 41.1 Å². The average Bonchev–Trinajstić information content (AvgIpc) is 3.05. The Balaban J connectivity index is 1.86. The minimum atomic E-state index is -0.808. The van der Waals surface area contributed by atoms with Gasteiger partial charge in [-0.3, -0.25) is 9.59 Å². The Kier molecular flexibility index (Phi) is 5.68. The zero-order valence-corrected chi connectivity index (χ0v) is 12.9. The highest BCUT2D eigenvalue weighted by atomic mass is 32.1. The van der Waals surface area contributed by atoms with E-state index in [4.69, 9.17) is 0 Å². The van der Waals surface area contributed by atoms with Gasteiger partial charge in [0.05, 0.1) is 6.10 Å². The zero-order valence-electron chi connectivity index (χ0n) is 12.1. The van der Waals surface area contributed by atoms with Gasteiger partial charge in [0.15, 0.2) is 6.61 Å². The summed E-state index contributed by atoms with van der Waals surface area (Å²) in [5.41, 5.74) is 2.93. The molecule has 0 aliphatic rings. The van der Waals surface area contributed by atoms with Gasteiger partial charge in [-0.25, -0.2) is 0 Å². The van der Waals surface area contributed by atoms with Crippen molar-refractivity contribution < 1.29 is 19.4 Å². The first-order valence-corrected chi connectivity index (χ1v) is 7.71. The van der Waals surface area contributed by atoms with Gasteiger partial charge in [0.1, 0.15) is 0 Å². The summed E-state index contributed by atoms with van der Waals surface area (Å²) in [5, 5.41) is 16.6. The summed E-state index contributed by atoms with van der Waals surface area (Å²) < 4.78 is 4.57. The number of hydrogen-bond acceptors (Lipinski definition) is 5. The lowest BCUT2D eigenvalue weighted by atomic mass is 10.0. The van der Waals surface area contributed by atoms with Gasteiger partial charge in [-0.05, 0) is 33.5 Å². The van der Waals surface area contributed by atoms with E-state index in [2.05, 4.69) is 15.4 Å². The van der Waals surface area contributed by atoms with E-state index in [0.717, 1.165) is 11.1 Å². The van der Waals surface area contributed by atoms with Crippen LogP contribution in [-0.4, -0.2) is 30.1 Å². The van der Waals surface area contributed by atoms with Crippen molar-refractivity contribution in [3.8, 4) is 11.1 Å². The van der Waals surface area contributed by atoms with E-state index in [0.29, 0.717) is 5.56 Å². The van der Waals surface area contributed by atoms with Crippen molar-refractivity contribution in [2.45, 2.75) is 13.0 Å². The first-order valence-electron chi connectivity index (χ1n) is 6.77. The van der Waals surface area contributed by atoms with Crippen LogP contribution in [0.2, 0.25) is 0 Å². The van der Waals surface area contributed by atoms with Gasteiger partial charge in [-0.2, -0.15) is 11.3 Å². The smallest absolute Gasteiger partial charge is 0.303 e. The second-order valence-corrected chi connectivity index (χ2v) is 5.51. The van der Waals surface area contributed by atoms with Crippen molar-refractivity contribution in [3.05, 3.63) is 46.7 Å². The lowest BCUT2D eigenvalue weighted by Crippen LogP contribution is -2.32. The van der Waals surface area contributed by atoms with Gasteiger partial charge >= 0.3 is 5.97 Å². The number of amides is 1. The van der Waals surface area contributed by atoms with E-state index >= 15 is 0 Å². The second kappa shape index (κ2) is 7.72. The fraction of sp³-hybridized carbons (Fsp3) is 0.250. The van der Waals surface area contributed by atoms with Crippen LogP contribution in [0.1, 0.15) is 18.6 Å². The summed E-state index contributed by atoms with van der Waals surface area (Å²) >= 11 is 1.63. The third-order valence-corrected chi connectivity index (χ3v) is 3.73. The summed E-state index contributed by atoms with van der Waals surface area (Å²) in [6.45, 7) is 0.966. The number of benzene rings is 1.